The largest absolute Gasteiger partial charge is 0.497 e. The lowest BCUT2D eigenvalue weighted by Gasteiger charge is -2.10. The highest BCUT2D eigenvalue weighted by atomic mass is 79.9. The average molecular weight is 351 g/mol. The SMILES string of the molecule is COc1ccc(Br)c(CS(=O)(=O)CC(C)C(=O)O)c1. The molecule has 0 bridgehead atoms. The molecule has 19 heavy (non-hydrogen) atoms. The van der Waals surface area contributed by atoms with E-state index in [-0.39, 0.29) is 11.5 Å². The van der Waals surface area contributed by atoms with E-state index in [0.29, 0.717) is 15.8 Å². The third kappa shape index (κ3) is 4.83. The highest BCUT2D eigenvalue weighted by Crippen LogP contribution is 2.24. The van der Waals surface area contributed by atoms with Gasteiger partial charge in [0.15, 0.2) is 9.84 Å². The fourth-order valence-corrected chi connectivity index (χ4v) is 3.84. The van der Waals surface area contributed by atoms with Gasteiger partial charge in [-0.05, 0) is 23.8 Å². The van der Waals surface area contributed by atoms with Crippen molar-refractivity contribution in [2.24, 2.45) is 5.92 Å². The Hall–Kier alpha value is -1.08. The topological polar surface area (TPSA) is 80.7 Å². The Morgan fingerprint density at radius 3 is 2.63 bits per heavy atom. The van der Waals surface area contributed by atoms with E-state index in [1.807, 2.05) is 0 Å². The zero-order valence-electron chi connectivity index (χ0n) is 10.6. The molecule has 106 valence electrons. The number of rotatable bonds is 6. The molecule has 0 radical (unpaired) electrons. The summed E-state index contributed by atoms with van der Waals surface area (Å²) in [6.07, 6.45) is 0. The Morgan fingerprint density at radius 2 is 2.11 bits per heavy atom. The summed E-state index contributed by atoms with van der Waals surface area (Å²) in [5.74, 6) is -2.09. The highest BCUT2D eigenvalue weighted by molar-refractivity contribution is 9.10. The minimum Gasteiger partial charge on any atom is -0.497 e. The van der Waals surface area contributed by atoms with Gasteiger partial charge >= 0.3 is 5.97 Å². The Bertz CT molecular complexity index is 567. The van der Waals surface area contributed by atoms with Crippen molar-refractivity contribution in [1.82, 2.24) is 0 Å². The molecule has 1 N–H and O–H groups in total. The van der Waals surface area contributed by atoms with Gasteiger partial charge in [-0.1, -0.05) is 22.9 Å². The molecule has 0 fully saturated rings. The number of hydrogen-bond donors (Lipinski definition) is 1. The molecule has 1 rings (SSSR count). The van der Waals surface area contributed by atoms with Crippen LogP contribution in [0.1, 0.15) is 12.5 Å². The third-order valence-electron chi connectivity index (χ3n) is 2.55. The first-order valence-electron chi connectivity index (χ1n) is 5.51. The number of carboxylic acid groups (broad SMARTS) is 1. The molecular weight excluding hydrogens is 336 g/mol. The van der Waals surface area contributed by atoms with Crippen molar-refractivity contribution in [1.29, 1.82) is 0 Å². The second kappa shape index (κ2) is 6.38. The van der Waals surface area contributed by atoms with Crippen molar-refractivity contribution in [2.75, 3.05) is 12.9 Å². The second-order valence-corrected chi connectivity index (χ2v) is 7.21. The maximum atomic E-state index is 11.9. The van der Waals surface area contributed by atoms with Gasteiger partial charge in [-0.25, -0.2) is 8.42 Å². The number of aliphatic carboxylic acids is 1. The maximum Gasteiger partial charge on any atom is 0.307 e. The first kappa shape index (κ1) is 16.0. The number of hydrogen-bond acceptors (Lipinski definition) is 4. The fourth-order valence-electron chi connectivity index (χ4n) is 1.54. The number of halogens is 1. The van der Waals surface area contributed by atoms with Gasteiger partial charge in [0.05, 0.1) is 24.5 Å². The van der Waals surface area contributed by atoms with E-state index in [2.05, 4.69) is 15.9 Å². The number of benzene rings is 1. The number of carboxylic acids is 1. The van der Waals surface area contributed by atoms with Crippen molar-refractivity contribution in [3.8, 4) is 5.75 Å². The van der Waals surface area contributed by atoms with Crippen LogP contribution in [0.5, 0.6) is 5.75 Å². The van der Waals surface area contributed by atoms with Crippen LogP contribution >= 0.6 is 15.9 Å². The number of carbonyl (C=O) groups is 1. The highest BCUT2D eigenvalue weighted by Gasteiger charge is 2.22. The van der Waals surface area contributed by atoms with E-state index in [4.69, 9.17) is 9.84 Å². The van der Waals surface area contributed by atoms with Crippen molar-refractivity contribution < 1.29 is 23.1 Å². The lowest BCUT2D eigenvalue weighted by molar-refractivity contribution is -0.140. The molecule has 0 heterocycles. The minimum atomic E-state index is -3.49. The van der Waals surface area contributed by atoms with E-state index in [0.717, 1.165) is 0 Å². The van der Waals surface area contributed by atoms with Gasteiger partial charge in [0.1, 0.15) is 5.75 Å². The van der Waals surface area contributed by atoms with Crippen LogP contribution < -0.4 is 4.74 Å². The lowest BCUT2D eigenvalue weighted by Crippen LogP contribution is -2.22. The van der Waals surface area contributed by atoms with Crippen LogP contribution in [0.3, 0.4) is 0 Å². The molecule has 0 spiro atoms. The summed E-state index contributed by atoms with van der Waals surface area (Å²) < 4.78 is 29.6. The molecule has 7 heteroatoms. The summed E-state index contributed by atoms with van der Waals surface area (Å²) in [4.78, 5) is 10.7. The first-order valence-corrected chi connectivity index (χ1v) is 8.12. The van der Waals surface area contributed by atoms with E-state index in [1.54, 1.807) is 18.2 Å². The predicted molar refractivity (Wildman–Crippen MR) is 75.0 cm³/mol. The molecule has 0 aliphatic rings. The summed E-state index contributed by atoms with van der Waals surface area (Å²) in [5.41, 5.74) is 0.553. The van der Waals surface area contributed by atoms with Gasteiger partial charge in [-0.2, -0.15) is 0 Å². The number of methoxy groups -OCH3 is 1. The number of sulfone groups is 1. The smallest absolute Gasteiger partial charge is 0.307 e. The van der Waals surface area contributed by atoms with Gasteiger partial charge in [0.25, 0.3) is 0 Å². The molecule has 1 atom stereocenters. The van der Waals surface area contributed by atoms with Crippen LogP contribution in [0.4, 0.5) is 0 Å². The quantitative estimate of drug-likeness (QED) is 0.849. The average Bonchev–Trinajstić information content (AvgIpc) is 2.31. The van der Waals surface area contributed by atoms with E-state index in [9.17, 15) is 13.2 Å². The zero-order chi connectivity index (χ0) is 14.6. The summed E-state index contributed by atoms with van der Waals surface area (Å²) in [7, 11) is -2.00. The zero-order valence-corrected chi connectivity index (χ0v) is 13.0. The van der Waals surface area contributed by atoms with Gasteiger partial charge in [0.2, 0.25) is 0 Å². The molecule has 1 aromatic rings. The van der Waals surface area contributed by atoms with E-state index >= 15 is 0 Å². The van der Waals surface area contributed by atoms with Crippen LogP contribution in [0.15, 0.2) is 22.7 Å². The van der Waals surface area contributed by atoms with Crippen LogP contribution in [0, 0.1) is 5.92 Å². The molecule has 1 unspecified atom stereocenters. The molecule has 0 aliphatic heterocycles. The third-order valence-corrected chi connectivity index (χ3v) is 5.09. The molecule has 1 aromatic carbocycles. The number of ether oxygens (including phenoxy) is 1. The Balaban J connectivity index is 2.92. The Morgan fingerprint density at radius 1 is 1.47 bits per heavy atom. The van der Waals surface area contributed by atoms with Crippen LogP contribution in [0.25, 0.3) is 0 Å². The van der Waals surface area contributed by atoms with Crippen molar-refractivity contribution >= 4 is 31.7 Å². The summed E-state index contributed by atoms with van der Waals surface area (Å²) in [6.45, 7) is 1.38. The van der Waals surface area contributed by atoms with Crippen LogP contribution in [0.2, 0.25) is 0 Å². The normalized spacial score (nSPS) is 13.0. The standard InChI is InChI=1S/C12H15BrO5S/c1-8(12(14)15)6-19(16,17)7-9-5-10(18-2)3-4-11(9)13/h3-5,8H,6-7H2,1-2H3,(H,14,15). The van der Waals surface area contributed by atoms with E-state index in [1.165, 1.54) is 14.0 Å². The Labute approximate surface area is 120 Å². The summed E-state index contributed by atoms with van der Waals surface area (Å²) in [6, 6.07) is 5.03. The summed E-state index contributed by atoms with van der Waals surface area (Å²) in [5, 5.41) is 8.75. The van der Waals surface area contributed by atoms with Crippen molar-refractivity contribution in [3.05, 3.63) is 28.2 Å². The van der Waals surface area contributed by atoms with Crippen LogP contribution in [-0.4, -0.2) is 32.4 Å². The van der Waals surface area contributed by atoms with E-state index < -0.39 is 21.7 Å². The Kier molecular flexibility index (Phi) is 5.37. The molecular formula is C12H15BrO5S. The molecule has 5 nitrogen and oxygen atoms in total. The second-order valence-electron chi connectivity index (χ2n) is 4.25. The summed E-state index contributed by atoms with van der Waals surface area (Å²) >= 11 is 3.27. The fraction of sp³-hybridized carbons (Fsp3) is 0.417. The van der Waals surface area contributed by atoms with Gasteiger partial charge < -0.3 is 9.84 Å². The van der Waals surface area contributed by atoms with Gasteiger partial charge in [0, 0.05) is 4.47 Å². The predicted octanol–water partition coefficient (Wildman–Crippen LogP) is 2.09. The minimum absolute atomic E-state index is 0.220. The lowest BCUT2D eigenvalue weighted by atomic mass is 10.2. The van der Waals surface area contributed by atoms with Crippen LogP contribution in [-0.2, 0) is 20.4 Å². The molecule has 0 aromatic heterocycles. The first-order chi connectivity index (χ1) is 8.75. The maximum absolute atomic E-state index is 11.9. The van der Waals surface area contributed by atoms with Gasteiger partial charge in [-0.3, -0.25) is 4.79 Å². The monoisotopic (exact) mass is 350 g/mol. The molecule has 0 amide bonds. The molecule has 0 saturated carbocycles. The van der Waals surface area contributed by atoms with Crippen molar-refractivity contribution in [2.45, 2.75) is 12.7 Å². The molecule has 0 saturated heterocycles. The van der Waals surface area contributed by atoms with Gasteiger partial charge in [-0.15, -0.1) is 0 Å². The molecule has 0 aliphatic carbocycles. The van der Waals surface area contributed by atoms with Crippen molar-refractivity contribution in [3.63, 3.8) is 0 Å².